The van der Waals surface area contributed by atoms with Gasteiger partial charge in [-0.15, -0.1) is 0 Å². The van der Waals surface area contributed by atoms with Crippen LogP contribution in [0.25, 0.3) is 10.9 Å². The van der Waals surface area contributed by atoms with Crippen molar-refractivity contribution in [3.8, 4) is 17.2 Å². The van der Waals surface area contributed by atoms with E-state index in [1.54, 1.807) is 37.3 Å². The molecule has 3 rings (SSSR count). The molecule has 2 N–H and O–H groups in total. The molecule has 0 saturated heterocycles. The molecular formula is C21H22F3N3O4. The number of anilines is 1. The van der Waals surface area contributed by atoms with Gasteiger partial charge in [0.1, 0.15) is 18.2 Å². The molecule has 0 fully saturated rings. The number of aliphatic hydroxyl groups excluding tert-OH is 1. The van der Waals surface area contributed by atoms with Crippen molar-refractivity contribution in [2.24, 2.45) is 0 Å². The van der Waals surface area contributed by atoms with Gasteiger partial charge in [0.2, 0.25) is 5.82 Å². The third-order valence-electron chi connectivity index (χ3n) is 4.55. The number of nitrogens with one attached hydrogen (secondary N) is 1. The van der Waals surface area contributed by atoms with Crippen LogP contribution in [0.5, 0.6) is 17.2 Å². The maximum Gasteiger partial charge on any atom is 0.451 e. The van der Waals surface area contributed by atoms with Gasteiger partial charge in [-0.05, 0) is 42.8 Å². The molecule has 10 heteroatoms. The molecule has 0 bridgehead atoms. The highest BCUT2D eigenvalue weighted by Gasteiger charge is 2.35. The number of hydrogen-bond acceptors (Lipinski definition) is 7. The van der Waals surface area contributed by atoms with E-state index in [2.05, 4.69) is 15.3 Å². The Labute approximate surface area is 176 Å². The minimum atomic E-state index is -4.69. The Balaban J connectivity index is 1.99. The monoisotopic (exact) mass is 437 g/mol. The average molecular weight is 437 g/mol. The Hall–Kier alpha value is -3.27. The van der Waals surface area contributed by atoms with Crippen molar-refractivity contribution >= 4 is 16.7 Å². The first kappa shape index (κ1) is 22.4. The lowest BCUT2D eigenvalue weighted by atomic mass is 10.1. The van der Waals surface area contributed by atoms with Crippen LogP contribution in [0.4, 0.5) is 19.0 Å². The second-order valence-corrected chi connectivity index (χ2v) is 6.63. The summed E-state index contributed by atoms with van der Waals surface area (Å²) in [7, 11) is 2.94. The fourth-order valence-corrected chi connectivity index (χ4v) is 2.99. The van der Waals surface area contributed by atoms with Crippen molar-refractivity contribution in [3.63, 3.8) is 0 Å². The lowest BCUT2D eigenvalue weighted by molar-refractivity contribution is -0.144. The van der Waals surface area contributed by atoms with Crippen LogP contribution in [-0.4, -0.2) is 42.5 Å². The van der Waals surface area contributed by atoms with Crippen molar-refractivity contribution in [2.75, 3.05) is 32.8 Å². The fourth-order valence-electron chi connectivity index (χ4n) is 2.99. The van der Waals surface area contributed by atoms with Gasteiger partial charge >= 0.3 is 6.18 Å². The largest absolute Gasteiger partial charge is 0.497 e. The zero-order valence-electron chi connectivity index (χ0n) is 17.2. The molecule has 1 unspecified atom stereocenters. The SMILES string of the molecule is COc1ccc2nc(C(F)(F)F)nc(NC(C)c3ccc(OCCO)c(OC)c3)c2c1. The first-order valence-corrected chi connectivity index (χ1v) is 9.38. The highest BCUT2D eigenvalue weighted by atomic mass is 19.4. The van der Waals surface area contributed by atoms with E-state index in [0.717, 1.165) is 5.56 Å². The number of fused-ring (bicyclic) bond motifs is 1. The molecular weight excluding hydrogens is 415 g/mol. The molecule has 1 aromatic heterocycles. The Morgan fingerprint density at radius 3 is 2.45 bits per heavy atom. The van der Waals surface area contributed by atoms with Gasteiger partial charge in [-0.3, -0.25) is 0 Å². The first-order valence-electron chi connectivity index (χ1n) is 9.38. The van der Waals surface area contributed by atoms with Crippen molar-refractivity contribution in [2.45, 2.75) is 19.1 Å². The lowest BCUT2D eigenvalue weighted by Gasteiger charge is -2.19. The van der Waals surface area contributed by atoms with Crippen molar-refractivity contribution < 1.29 is 32.5 Å². The third kappa shape index (κ3) is 5.08. The molecule has 0 saturated carbocycles. The van der Waals surface area contributed by atoms with E-state index in [-0.39, 0.29) is 24.5 Å². The summed E-state index contributed by atoms with van der Waals surface area (Å²) in [5.41, 5.74) is 0.875. The smallest absolute Gasteiger partial charge is 0.451 e. The second-order valence-electron chi connectivity index (χ2n) is 6.63. The number of aromatic nitrogens is 2. The number of alkyl halides is 3. The van der Waals surface area contributed by atoms with Crippen molar-refractivity contribution in [3.05, 3.63) is 47.8 Å². The number of hydrogen-bond donors (Lipinski definition) is 2. The fraction of sp³-hybridized carbons (Fsp3) is 0.333. The molecule has 2 aromatic carbocycles. The quantitative estimate of drug-likeness (QED) is 0.546. The highest BCUT2D eigenvalue weighted by molar-refractivity contribution is 5.90. The third-order valence-corrected chi connectivity index (χ3v) is 4.55. The summed E-state index contributed by atoms with van der Waals surface area (Å²) in [6.45, 7) is 1.75. The molecule has 166 valence electrons. The predicted molar refractivity (Wildman–Crippen MR) is 109 cm³/mol. The van der Waals surface area contributed by atoms with Crippen LogP contribution >= 0.6 is 0 Å². The number of methoxy groups -OCH3 is 2. The standard InChI is InChI=1S/C21H22F3N3O4/c1-12(13-4-7-17(31-9-8-28)18(10-13)30-3)25-19-15-11-14(29-2)5-6-16(15)26-20(27-19)21(22,23)24/h4-7,10-12,28H,8-9H2,1-3H3,(H,25,26,27). The number of nitrogens with zero attached hydrogens (tertiary/aromatic N) is 2. The molecule has 0 aliphatic rings. The molecule has 0 aliphatic carbocycles. The summed E-state index contributed by atoms with van der Waals surface area (Å²) in [5.74, 6) is 0.154. The van der Waals surface area contributed by atoms with Crippen LogP contribution in [0.2, 0.25) is 0 Å². The summed E-state index contributed by atoms with van der Waals surface area (Å²) < 4.78 is 55.9. The van der Waals surface area contributed by atoms with E-state index in [1.165, 1.54) is 20.3 Å². The molecule has 1 heterocycles. The van der Waals surface area contributed by atoms with Crippen LogP contribution < -0.4 is 19.5 Å². The highest BCUT2D eigenvalue weighted by Crippen LogP contribution is 2.35. The van der Waals surface area contributed by atoms with E-state index in [9.17, 15) is 13.2 Å². The Bertz CT molecular complexity index is 1060. The number of benzene rings is 2. The van der Waals surface area contributed by atoms with Gasteiger partial charge in [-0.1, -0.05) is 6.07 Å². The summed E-state index contributed by atoms with van der Waals surface area (Å²) in [6, 6.07) is 9.28. The minimum absolute atomic E-state index is 0.0308. The Morgan fingerprint density at radius 2 is 1.81 bits per heavy atom. The van der Waals surface area contributed by atoms with Gasteiger partial charge in [-0.25, -0.2) is 9.97 Å². The zero-order chi connectivity index (χ0) is 22.6. The minimum Gasteiger partial charge on any atom is -0.497 e. The summed E-state index contributed by atoms with van der Waals surface area (Å²) >= 11 is 0. The normalized spacial score (nSPS) is 12.5. The summed E-state index contributed by atoms with van der Waals surface area (Å²) in [6.07, 6.45) is -4.69. The molecule has 3 aromatic rings. The molecule has 0 spiro atoms. The topological polar surface area (TPSA) is 85.7 Å². The molecule has 31 heavy (non-hydrogen) atoms. The number of aliphatic hydroxyl groups is 1. The second kappa shape index (κ2) is 9.25. The van der Waals surface area contributed by atoms with Gasteiger partial charge in [0, 0.05) is 5.39 Å². The Kier molecular flexibility index (Phi) is 6.69. The Morgan fingerprint density at radius 1 is 1.03 bits per heavy atom. The first-order chi connectivity index (χ1) is 14.8. The number of ether oxygens (including phenoxy) is 3. The summed E-state index contributed by atoms with van der Waals surface area (Å²) in [5, 5.41) is 12.4. The molecule has 1 atom stereocenters. The van der Waals surface area contributed by atoms with Gasteiger partial charge < -0.3 is 24.6 Å². The predicted octanol–water partition coefficient (Wildman–Crippen LogP) is 4.21. The zero-order valence-corrected chi connectivity index (χ0v) is 17.2. The van der Waals surface area contributed by atoms with E-state index < -0.39 is 18.0 Å². The number of halogens is 3. The van der Waals surface area contributed by atoms with E-state index in [4.69, 9.17) is 19.3 Å². The van der Waals surface area contributed by atoms with E-state index in [1.807, 2.05) is 0 Å². The maximum absolute atomic E-state index is 13.3. The van der Waals surface area contributed by atoms with Crippen molar-refractivity contribution in [1.29, 1.82) is 0 Å². The van der Waals surface area contributed by atoms with Crippen LogP contribution in [0, 0.1) is 0 Å². The molecule has 0 radical (unpaired) electrons. The van der Waals surface area contributed by atoms with Gasteiger partial charge in [-0.2, -0.15) is 13.2 Å². The lowest BCUT2D eigenvalue weighted by Crippen LogP contribution is -2.15. The molecule has 0 aliphatic heterocycles. The van der Waals surface area contributed by atoms with Gasteiger partial charge in [0.25, 0.3) is 0 Å². The van der Waals surface area contributed by atoms with Crippen LogP contribution in [0.1, 0.15) is 24.4 Å². The maximum atomic E-state index is 13.3. The molecule has 0 amide bonds. The van der Waals surface area contributed by atoms with Crippen LogP contribution in [-0.2, 0) is 6.18 Å². The summed E-state index contributed by atoms with van der Waals surface area (Å²) in [4.78, 5) is 7.37. The van der Waals surface area contributed by atoms with E-state index in [0.29, 0.717) is 22.6 Å². The van der Waals surface area contributed by atoms with Crippen LogP contribution in [0.3, 0.4) is 0 Å². The average Bonchev–Trinajstić information content (AvgIpc) is 2.76. The number of rotatable bonds is 8. The van der Waals surface area contributed by atoms with Crippen molar-refractivity contribution in [1.82, 2.24) is 9.97 Å². The van der Waals surface area contributed by atoms with Gasteiger partial charge in [0.15, 0.2) is 11.5 Å². The van der Waals surface area contributed by atoms with Gasteiger partial charge in [0.05, 0.1) is 32.4 Å². The van der Waals surface area contributed by atoms with E-state index >= 15 is 0 Å². The molecule has 7 nitrogen and oxygen atoms in total. The van der Waals surface area contributed by atoms with Crippen LogP contribution in [0.15, 0.2) is 36.4 Å².